The fourth-order valence-corrected chi connectivity index (χ4v) is 4.53. The van der Waals surface area contributed by atoms with Crippen molar-refractivity contribution in [3.63, 3.8) is 0 Å². The number of carboxylic acid groups (broad SMARTS) is 1. The second kappa shape index (κ2) is 7.21. The number of carboxylic acids is 1. The predicted octanol–water partition coefficient (Wildman–Crippen LogP) is 1.96. The van der Waals surface area contributed by atoms with Crippen molar-refractivity contribution >= 4 is 5.97 Å². The number of hydrogen-bond acceptors (Lipinski definition) is 4. The maximum absolute atomic E-state index is 11.9. The Hall–Kier alpha value is -2.18. The van der Waals surface area contributed by atoms with Gasteiger partial charge in [0.15, 0.2) is 0 Å². The van der Waals surface area contributed by atoms with Gasteiger partial charge in [0.25, 0.3) is 0 Å². The van der Waals surface area contributed by atoms with Crippen LogP contribution in [0.25, 0.3) is 0 Å². The van der Waals surface area contributed by atoms with E-state index in [1.807, 2.05) is 29.1 Å². The van der Waals surface area contributed by atoms with Crippen molar-refractivity contribution < 1.29 is 9.90 Å². The van der Waals surface area contributed by atoms with Crippen molar-refractivity contribution in [2.75, 3.05) is 19.6 Å². The van der Waals surface area contributed by atoms with Crippen molar-refractivity contribution in [3.8, 4) is 0 Å². The predicted molar refractivity (Wildman–Crippen MR) is 98.8 cm³/mol. The summed E-state index contributed by atoms with van der Waals surface area (Å²) in [5, 5.41) is 17.5. The number of benzene rings is 1. The minimum atomic E-state index is -0.690. The molecule has 2 fully saturated rings. The monoisotopic (exact) mass is 354 g/mol. The Balaban J connectivity index is 1.55. The molecule has 0 bridgehead atoms. The summed E-state index contributed by atoms with van der Waals surface area (Å²) in [7, 11) is 0. The molecule has 3 heterocycles. The van der Waals surface area contributed by atoms with Crippen molar-refractivity contribution in [3.05, 3.63) is 53.9 Å². The number of nitrogens with zero attached hydrogens (tertiary/aromatic N) is 3. The fraction of sp³-hybridized carbons (Fsp3) is 0.500. The molecular weight excluding hydrogens is 328 g/mol. The SMILES string of the molecule is O=C(O)[C@H]1CC2(CCNCC2)CN1Cc1ccccc1Cn1cccn1. The van der Waals surface area contributed by atoms with E-state index >= 15 is 0 Å². The van der Waals surface area contributed by atoms with Gasteiger partial charge in [-0.15, -0.1) is 0 Å². The minimum absolute atomic E-state index is 0.158. The third-order valence-corrected chi connectivity index (χ3v) is 5.94. The van der Waals surface area contributed by atoms with E-state index in [4.69, 9.17) is 0 Å². The number of carbonyl (C=O) groups is 1. The lowest BCUT2D eigenvalue weighted by atomic mass is 9.77. The van der Waals surface area contributed by atoms with Gasteiger partial charge in [-0.3, -0.25) is 14.4 Å². The van der Waals surface area contributed by atoms with Gasteiger partial charge in [0, 0.05) is 25.5 Å². The van der Waals surface area contributed by atoms with Crippen LogP contribution in [-0.2, 0) is 17.9 Å². The Bertz CT molecular complexity index is 753. The van der Waals surface area contributed by atoms with Crippen LogP contribution in [0.15, 0.2) is 42.7 Å². The topological polar surface area (TPSA) is 70.4 Å². The first-order valence-corrected chi connectivity index (χ1v) is 9.37. The number of aromatic nitrogens is 2. The summed E-state index contributed by atoms with van der Waals surface area (Å²) in [5.74, 6) is -0.690. The molecule has 0 radical (unpaired) electrons. The molecule has 26 heavy (non-hydrogen) atoms. The van der Waals surface area contributed by atoms with E-state index in [1.165, 1.54) is 11.1 Å². The van der Waals surface area contributed by atoms with Gasteiger partial charge >= 0.3 is 5.97 Å². The Morgan fingerprint density at radius 1 is 1.19 bits per heavy atom. The van der Waals surface area contributed by atoms with Gasteiger partial charge in [0.05, 0.1) is 6.54 Å². The molecule has 138 valence electrons. The van der Waals surface area contributed by atoms with Crippen LogP contribution in [0.2, 0.25) is 0 Å². The molecule has 2 aromatic rings. The van der Waals surface area contributed by atoms with Gasteiger partial charge in [-0.25, -0.2) is 0 Å². The molecule has 6 nitrogen and oxygen atoms in total. The van der Waals surface area contributed by atoms with Gasteiger partial charge in [-0.1, -0.05) is 24.3 Å². The van der Waals surface area contributed by atoms with E-state index in [9.17, 15) is 9.90 Å². The van der Waals surface area contributed by atoms with E-state index in [1.54, 1.807) is 6.20 Å². The number of likely N-dealkylation sites (tertiary alicyclic amines) is 1. The lowest BCUT2D eigenvalue weighted by Gasteiger charge is -2.33. The highest BCUT2D eigenvalue weighted by atomic mass is 16.4. The van der Waals surface area contributed by atoms with Crippen LogP contribution in [0.5, 0.6) is 0 Å². The highest BCUT2D eigenvalue weighted by molar-refractivity contribution is 5.74. The number of piperidine rings is 1. The molecule has 2 saturated heterocycles. The van der Waals surface area contributed by atoms with Crippen molar-refractivity contribution in [2.45, 2.75) is 38.4 Å². The van der Waals surface area contributed by atoms with E-state index in [0.717, 1.165) is 38.9 Å². The van der Waals surface area contributed by atoms with Crippen LogP contribution in [0, 0.1) is 5.41 Å². The number of hydrogen-bond donors (Lipinski definition) is 2. The Labute approximate surface area is 153 Å². The Kier molecular flexibility index (Phi) is 4.78. The van der Waals surface area contributed by atoms with Gasteiger partial charge in [-0.05, 0) is 55.0 Å². The van der Waals surface area contributed by atoms with Crippen LogP contribution < -0.4 is 5.32 Å². The zero-order valence-electron chi connectivity index (χ0n) is 15.0. The first-order valence-electron chi connectivity index (χ1n) is 9.37. The van der Waals surface area contributed by atoms with E-state index < -0.39 is 5.97 Å². The molecule has 2 aliphatic rings. The average molecular weight is 354 g/mol. The van der Waals surface area contributed by atoms with Crippen LogP contribution in [0.4, 0.5) is 0 Å². The summed E-state index contributed by atoms with van der Waals surface area (Å²) < 4.78 is 1.91. The molecule has 0 saturated carbocycles. The van der Waals surface area contributed by atoms with Gasteiger partial charge in [0.2, 0.25) is 0 Å². The number of nitrogens with one attached hydrogen (secondary N) is 1. The summed E-state index contributed by atoms with van der Waals surface area (Å²) in [4.78, 5) is 14.1. The van der Waals surface area contributed by atoms with Crippen LogP contribution >= 0.6 is 0 Å². The van der Waals surface area contributed by atoms with Crippen LogP contribution in [-0.4, -0.2) is 51.4 Å². The molecule has 1 spiro atoms. The molecule has 1 atom stereocenters. The molecular formula is C20H26N4O2. The smallest absolute Gasteiger partial charge is 0.320 e. The third-order valence-electron chi connectivity index (χ3n) is 5.94. The van der Waals surface area contributed by atoms with Gasteiger partial charge in [-0.2, -0.15) is 5.10 Å². The molecule has 2 aliphatic heterocycles. The normalized spacial score (nSPS) is 22.7. The Morgan fingerprint density at radius 3 is 2.58 bits per heavy atom. The first kappa shape index (κ1) is 17.2. The molecule has 6 heteroatoms. The summed E-state index contributed by atoms with van der Waals surface area (Å²) in [6, 6.07) is 9.84. The lowest BCUT2D eigenvalue weighted by molar-refractivity contribution is -0.142. The second-order valence-corrected chi connectivity index (χ2v) is 7.69. The Morgan fingerprint density at radius 2 is 1.92 bits per heavy atom. The van der Waals surface area contributed by atoms with Crippen LogP contribution in [0.3, 0.4) is 0 Å². The molecule has 0 unspecified atom stereocenters. The van der Waals surface area contributed by atoms with E-state index in [2.05, 4.69) is 27.4 Å². The zero-order chi connectivity index (χ0) is 18.0. The first-order chi connectivity index (χ1) is 12.7. The van der Waals surface area contributed by atoms with Crippen molar-refractivity contribution in [1.82, 2.24) is 20.0 Å². The third kappa shape index (κ3) is 3.52. The molecule has 1 aromatic heterocycles. The van der Waals surface area contributed by atoms with Crippen LogP contribution in [0.1, 0.15) is 30.4 Å². The molecule has 1 aromatic carbocycles. The van der Waals surface area contributed by atoms with Crippen molar-refractivity contribution in [1.29, 1.82) is 0 Å². The maximum atomic E-state index is 11.9. The average Bonchev–Trinajstić information content (AvgIpc) is 3.26. The summed E-state index contributed by atoms with van der Waals surface area (Å²) in [6.07, 6.45) is 6.65. The number of aliphatic carboxylic acids is 1. The molecule has 2 N–H and O–H groups in total. The highest BCUT2D eigenvalue weighted by Crippen LogP contribution is 2.42. The standard InChI is InChI=1S/C20H26N4O2/c25-19(26)18-12-20(6-9-21-10-7-20)15-23(18)13-16-4-1-2-5-17(16)14-24-11-3-8-22-24/h1-5,8,11,18,21H,6-7,9-10,12-15H2,(H,25,26)/t18-/m1/s1. The minimum Gasteiger partial charge on any atom is -0.480 e. The summed E-state index contributed by atoms with van der Waals surface area (Å²) in [5.41, 5.74) is 2.55. The highest BCUT2D eigenvalue weighted by Gasteiger charge is 2.47. The van der Waals surface area contributed by atoms with Gasteiger partial charge < -0.3 is 10.4 Å². The zero-order valence-corrected chi connectivity index (χ0v) is 15.0. The van der Waals surface area contributed by atoms with E-state index in [0.29, 0.717) is 13.1 Å². The van der Waals surface area contributed by atoms with Crippen molar-refractivity contribution in [2.24, 2.45) is 5.41 Å². The fourth-order valence-electron chi connectivity index (χ4n) is 4.53. The quantitative estimate of drug-likeness (QED) is 0.859. The summed E-state index contributed by atoms with van der Waals surface area (Å²) >= 11 is 0. The lowest BCUT2D eigenvalue weighted by Crippen LogP contribution is -2.38. The molecule has 0 amide bonds. The number of rotatable bonds is 5. The van der Waals surface area contributed by atoms with Gasteiger partial charge in [0.1, 0.15) is 6.04 Å². The second-order valence-electron chi connectivity index (χ2n) is 7.69. The largest absolute Gasteiger partial charge is 0.480 e. The maximum Gasteiger partial charge on any atom is 0.320 e. The molecule has 0 aliphatic carbocycles. The van der Waals surface area contributed by atoms with E-state index in [-0.39, 0.29) is 11.5 Å². The summed E-state index contributed by atoms with van der Waals surface area (Å²) in [6.45, 7) is 4.27. The molecule has 4 rings (SSSR count).